The molecule has 0 aliphatic carbocycles. The van der Waals surface area contributed by atoms with Crippen molar-refractivity contribution in [1.82, 2.24) is 15.2 Å². The van der Waals surface area contributed by atoms with Gasteiger partial charge in [-0.05, 0) is 56.2 Å². The van der Waals surface area contributed by atoms with Crippen molar-refractivity contribution in [2.45, 2.75) is 25.9 Å². The van der Waals surface area contributed by atoms with Crippen LogP contribution in [-0.2, 0) is 11.2 Å². The van der Waals surface area contributed by atoms with Gasteiger partial charge in [0.2, 0.25) is 0 Å². The van der Waals surface area contributed by atoms with Gasteiger partial charge < -0.3 is 14.9 Å². The summed E-state index contributed by atoms with van der Waals surface area (Å²) < 4.78 is 0. The van der Waals surface area contributed by atoms with E-state index in [1.54, 1.807) is 31.0 Å². The number of likely N-dealkylation sites (N-methyl/N-ethyl adjacent to an activating group) is 1. The molecule has 0 radical (unpaired) electrons. The molecule has 1 amide bonds. The van der Waals surface area contributed by atoms with Gasteiger partial charge in [-0.3, -0.25) is 9.89 Å². The summed E-state index contributed by atoms with van der Waals surface area (Å²) in [5, 5.41) is 18.3. The molecule has 150 valence electrons. The van der Waals surface area contributed by atoms with Gasteiger partial charge in [0.1, 0.15) is 0 Å². The Morgan fingerprint density at radius 3 is 3.00 bits per heavy atom. The zero-order chi connectivity index (χ0) is 20.6. The van der Waals surface area contributed by atoms with Crippen LogP contribution in [0.4, 0.5) is 11.4 Å². The highest BCUT2D eigenvalue weighted by Gasteiger charge is 2.25. The Bertz CT molecular complexity index is 1080. The lowest BCUT2D eigenvalue weighted by Gasteiger charge is -2.29. The molecule has 0 atom stereocenters. The maximum atomic E-state index is 13.1. The Kier molecular flexibility index (Phi) is 4.84. The molecular formula is C22H25N5O2. The third-order valence-corrected chi connectivity index (χ3v) is 5.07. The number of hydrogen-bond donors (Lipinski definition) is 2. The van der Waals surface area contributed by atoms with Crippen molar-refractivity contribution >= 4 is 34.4 Å². The predicted molar refractivity (Wildman–Crippen MR) is 115 cm³/mol. The van der Waals surface area contributed by atoms with Gasteiger partial charge in [-0.25, -0.2) is 4.98 Å². The molecule has 1 aromatic carbocycles. The number of H-pyrrole nitrogens is 1. The van der Waals surface area contributed by atoms with E-state index in [2.05, 4.69) is 33.2 Å². The summed E-state index contributed by atoms with van der Waals surface area (Å²) in [6.45, 7) is 4.55. The number of aromatic nitrogens is 3. The number of anilines is 2. The molecule has 3 heterocycles. The topological polar surface area (TPSA) is 85.4 Å². The lowest BCUT2D eigenvalue weighted by atomic mass is 10.1. The zero-order valence-corrected chi connectivity index (χ0v) is 16.9. The van der Waals surface area contributed by atoms with Gasteiger partial charge in [0.05, 0.1) is 17.8 Å². The summed E-state index contributed by atoms with van der Waals surface area (Å²) >= 11 is 0. The summed E-state index contributed by atoms with van der Waals surface area (Å²) in [6, 6.07) is 9.77. The first-order valence-electron chi connectivity index (χ1n) is 9.67. The van der Waals surface area contributed by atoms with Crippen LogP contribution in [-0.4, -0.2) is 51.9 Å². The van der Waals surface area contributed by atoms with Crippen LogP contribution in [0.15, 0.2) is 42.6 Å². The van der Waals surface area contributed by atoms with E-state index in [1.807, 2.05) is 24.3 Å². The summed E-state index contributed by atoms with van der Waals surface area (Å²) in [5.74, 6) is -0.209. The predicted octanol–water partition coefficient (Wildman–Crippen LogP) is 2.77. The van der Waals surface area contributed by atoms with Crippen molar-refractivity contribution in [3.63, 3.8) is 0 Å². The number of benzene rings is 1. The number of amides is 1. The van der Waals surface area contributed by atoms with Crippen molar-refractivity contribution < 1.29 is 9.90 Å². The number of carbonyl (C=O) groups is 1. The molecule has 0 saturated carbocycles. The highest BCUT2D eigenvalue weighted by Crippen LogP contribution is 2.32. The first-order valence-corrected chi connectivity index (χ1v) is 9.67. The quantitative estimate of drug-likeness (QED) is 0.653. The van der Waals surface area contributed by atoms with Gasteiger partial charge in [0.15, 0.2) is 5.65 Å². The van der Waals surface area contributed by atoms with E-state index in [9.17, 15) is 9.90 Å². The van der Waals surface area contributed by atoms with E-state index < -0.39 is 5.60 Å². The average Bonchev–Trinajstić information content (AvgIpc) is 3.27. The minimum absolute atomic E-state index is 0.184. The number of aliphatic hydroxyl groups is 1. The van der Waals surface area contributed by atoms with Crippen LogP contribution in [0.1, 0.15) is 25.1 Å². The molecule has 2 aromatic heterocycles. The maximum Gasteiger partial charge on any atom is 0.251 e. The maximum absolute atomic E-state index is 13.1. The third-order valence-electron chi connectivity index (χ3n) is 5.07. The molecule has 1 aliphatic rings. The molecule has 3 aromatic rings. The van der Waals surface area contributed by atoms with Crippen molar-refractivity contribution in [3.05, 3.63) is 53.9 Å². The second-order valence-corrected chi connectivity index (χ2v) is 8.07. The molecule has 1 aliphatic heterocycles. The molecule has 0 fully saturated rings. The molecule has 29 heavy (non-hydrogen) atoms. The molecule has 0 saturated heterocycles. The number of nitrogens with one attached hydrogen (secondary N) is 1. The van der Waals surface area contributed by atoms with Crippen molar-refractivity contribution in [2.24, 2.45) is 0 Å². The average molecular weight is 391 g/mol. The van der Waals surface area contributed by atoms with Crippen molar-refractivity contribution in [1.29, 1.82) is 0 Å². The van der Waals surface area contributed by atoms with Gasteiger partial charge in [-0.15, -0.1) is 0 Å². The van der Waals surface area contributed by atoms with Gasteiger partial charge in [0, 0.05) is 42.6 Å². The lowest BCUT2D eigenvalue weighted by Crippen LogP contribution is -2.41. The van der Waals surface area contributed by atoms with E-state index in [0.717, 1.165) is 35.4 Å². The minimum Gasteiger partial charge on any atom is -0.389 e. The number of carbonyl (C=O) groups excluding carboxylic acids is 1. The Morgan fingerprint density at radius 2 is 2.21 bits per heavy atom. The molecule has 7 nitrogen and oxygen atoms in total. The van der Waals surface area contributed by atoms with Gasteiger partial charge in [-0.2, -0.15) is 5.10 Å². The Labute approximate surface area is 169 Å². The summed E-state index contributed by atoms with van der Waals surface area (Å²) in [5.41, 5.74) is 3.47. The van der Waals surface area contributed by atoms with Gasteiger partial charge >= 0.3 is 0 Å². The number of rotatable bonds is 5. The monoisotopic (exact) mass is 391 g/mol. The third kappa shape index (κ3) is 4.00. The Balaban J connectivity index is 1.65. The summed E-state index contributed by atoms with van der Waals surface area (Å²) in [6.07, 6.45) is 5.89. The molecule has 2 N–H and O–H groups in total. The van der Waals surface area contributed by atoms with E-state index in [0.29, 0.717) is 5.65 Å². The number of hydrogen-bond acceptors (Lipinski definition) is 5. The SMILES string of the molecule is CN1CCc2ccc(N(CC(C)(C)O)C(=O)/C=C/c3[nH]nc4ncccc34)cc21. The fourth-order valence-corrected chi connectivity index (χ4v) is 3.62. The number of fused-ring (bicyclic) bond motifs is 2. The van der Waals surface area contributed by atoms with Gasteiger partial charge in [-0.1, -0.05) is 6.07 Å². The van der Waals surface area contributed by atoms with Gasteiger partial charge in [0.25, 0.3) is 5.91 Å². The Hall–Kier alpha value is -3.19. The fraction of sp³-hybridized carbons (Fsp3) is 0.318. The first-order chi connectivity index (χ1) is 13.8. The highest BCUT2D eigenvalue weighted by molar-refractivity contribution is 6.05. The fourth-order valence-electron chi connectivity index (χ4n) is 3.62. The molecule has 0 bridgehead atoms. The Morgan fingerprint density at radius 1 is 1.38 bits per heavy atom. The number of pyridine rings is 1. The zero-order valence-electron chi connectivity index (χ0n) is 16.9. The van der Waals surface area contributed by atoms with E-state index in [-0.39, 0.29) is 12.5 Å². The minimum atomic E-state index is -1.03. The van der Waals surface area contributed by atoms with Crippen molar-refractivity contribution in [2.75, 3.05) is 29.9 Å². The van der Waals surface area contributed by atoms with Crippen LogP contribution in [0.5, 0.6) is 0 Å². The number of nitrogens with zero attached hydrogens (tertiary/aromatic N) is 4. The molecule has 0 spiro atoms. The van der Waals surface area contributed by atoms with Crippen LogP contribution in [0.25, 0.3) is 17.1 Å². The van der Waals surface area contributed by atoms with Crippen LogP contribution in [0.3, 0.4) is 0 Å². The van der Waals surface area contributed by atoms with E-state index in [1.165, 1.54) is 11.6 Å². The second-order valence-electron chi connectivity index (χ2n) is 8.07. The standard InChI is InChI=1S/C22H25N5O2/c1-22(2,29)14-27(16-7-6-15-10-12-26(3)19(15)13-16)20(28)9-8-18-17-5-4-11-23-21(17)25-24-18/h4-9,11,13,29H,10,12,14H2,1-3H3,(H,23,24,25)/b9-8+. The summed E-state index contributed by atoms with van der Waals surface area (Å²) in [7, 11) is 2.05. The van der Waals surface area contributed by atoms with E-state index >= 15 is 0 Å². The normalized spacial score (nSPS) is 14.0. The first kappa shape index (κ1) is 19.1. The van der Waals surface area contributed by atoms with E-state index in [4.69, 9.17) is 0 Å². The molecular weight excluding hydrogens is 366 g/mol. The smallest absolute Gasteiger partial charge is 0.251 e. The second kappa shape index (κ2) is 7.33. The highest BCUT2D eigenvalue weighted by atomic mass is 16.3. The van der Waals surface area contributed by atoms with Crippen LogP contribution < -0.4 is 9.80 Å². The summed E-state index contributed by atoms with van der Waals surface area (Å²) in [4.78, 5) is 21.1. The van der Waals surface area contributed by atoms with Crippen LogP contribution in [0, 0.1) is 0 Å². The van der Waals surface area contributed by atoms with Crippen molar-refractivity contribution in [3.8, 4) is 0 Å². The molecule has 7 heteroatoms. The van der Waals surface area contributed by atoms with Crippen LogP contribution >= 0.6 is 0 Å². The number of aromatic amines is 1. The lowest BCUT2D eigenvalue weighted by molar-refractivity contribution is -0.114. The molecule has 4 rings (SSSR count). The van der Waals surface area contributed by atoms with Crippen LogP contribution in [0.2, 0.25) is 0 Å². The largest absolute Gasteiger partial charge is 0.389 e. The molecule has 0 unspecified atom stereocenters.